The minimum atomic E-state index is 0.0255. The first-order valence-corrected chi connectivity index (χ1v) is 6.47. The van der Waals surface area contributed by atoms with Crippen LogP contribution >= 0.6 is 0 Å². The van der Waals surface area contributed by atoms with E-state index in [4.69, 9.17) is 0 Å². The molecule has 2 heteroatoms. The van der Waals surface area contributed by atoms with Crippen molar-refractivity contribution in [3.05, 3.63) is 64.7 Å². The van der Waals surface area contributed by atoms with Crippen LogP contribution in [0.25, 0.3) is 0 Å². The molecule has 1 N–H and O–H groups in total. The molecule has 1 amide bonds. The number of amides is 1. The van der Waals surface area contributed by atoms with Crippen LogP contribution in [0, 0.1) is 20.8 Å². The average Bonchev–Trinajstić information content (AvgIpc) is 2.37. The van der Waals surface area contributed by atoms with Crippen molar-refractivity contribution in [1.82, 2.24) is 0 Å². The van der Waals surface area contributed by atoms with Gasteiger partial charge in [-0.15, -0.1) is 0 Å². The number of anilines is 1. The van der Waals surface area contributed by atoms with E-state index in [0.717, 1.165) is 22.4 Å². The summed E-state index contributed by atoms with van der Waals surface area (Å²) in [6.07, 6.45) is 0.410. The van der Waals surface area contributed by atoms with E-state index in [1.54, 1.807) is 0 Å². The van der Waals surface area contributed by atoms with E-state index < -0.39 is 0 Å². The third-order valence-electron chi connectivity index (χ3n) is 3.15. The van der Waals surface area contributed by atoms with Gasteiger partial charge in [0.1, 0.15) is 0 Å². The molecule has 0 heterocycles. The molecule has 0 aromatic heterocycles. The van der Waals surface area contributed by atoms with Crippen LogP contribution in [0.1, 0.15) is 22.3 Å². The number of nitrogens with one attached hydrogen (secondary N) is 1. The Labute approximate surface area is 114 Å². The van der Waals surface area contributed by atoms with Crippen LogP contribution in [0.2, 0.25) is 0 Å². The summed E-state index contributed by atoms with van der Waals surface area (Å²) in [5.74, 6) is 0.0255. The Balaban J connectivity index is 2.05. The minimum Gasteiger partial charge on any atom is -0.326 e. The maximum Gasteiger partial charge on any atom is 0.228 e. The zero-order valence-corrected chi connectivity index (χ0v) is 11.7. The Bertz CT molecular complexity index is 585. The number of aryl methyl sites for hydroxylation is 3. The van der Waals surface area contributed by atoms with Gasteiger partial charge in [-0.05, 0) is 43.5 Å². The van der Waals surface area contributed by atoms with Crippen LogP contribution < -0.4 is 5.32 Å². The molecule has 0 unspecified atom stereocenters. The Morgan fingerprint density at radius 2 is 1.58 bits per heavy atom. The van der Waals surface area contributed by atoms with Gasteiger partial charge in [-0.2, -0.15) is 0 Å². The summed E-state index contributed by atoms with van der Waals surface area (Å²) in [6, 6.07) is 14.1. The minimum absolute atomic E-state index is 0.0255. The van der Waals surface area contributed by atoms with E-state index in [0.29, 0.717) is 6.42 Å². The normalized spacial score (nSPS) is 10.3. The molecule has 2 aromatic rings. The van der Waals surface area contributed by atoms with Crippen molar-refractivity contribution in [1.29, 1.82) is 0 Å². The third-order valence-corrected chi connectivity index (χ3v) is 3.15. The Morgan fingerprint density at radius 3 is 2.26 bits per heavy atom. The van der Waals surface area contributed by atoms with Crippen molar-refractivity contribution in [2.24, 2.45) is 0 Å². The van der Waals surface area contributed by atoms with Crippen LogP contribution in [-0.4, -0.2) is 5.91 Å². The zero-order valence-electron chi connectivity index (χ0n) is 11.7. The smallest absolute Gasteiger partial charge is 0.228 e. The maximum atomic E-state index is 12.0. The predicted octanol–water partition coefficient (Wildman–Crippen LogP) is 3.79. The second-order valence-electron chi connectivity index (χ2n) is 5.03. The van der Waals surface area contributed by atoms with Gasteiger partial charge in [0.25, 0.3) is 0 Å². The summed E-state index contributed by atoms with van der Waals surface area (Å²) < 4.78 is 0. The molecule has 2 rings (SSSR count). The molecular weight excluding hydrogens is 234 g/mol. The van der Waals surface area contributed by atoms with Gasteiger partial charge in [0.15, 0.2) is 0 Å². The highest BCUT2D eigenvalue weighted by Crippen LogP contribution is 2.16. The molecule has 19 heavy (non-hydrogen) atoms. The Hall–Kier alpha value is -2.09. The van der Waals surface area contributed by atoms with Gasteiger partial charge in [-0.25, -0.2) is 0 Å². The lowest BCUT2D eigenvalue weighted by Crippen LogP contribution is -2.15. The summed E-state index contributed by atoms with van der Waals surface area (Å²) >= 11 is 0. The van der Waals surface area contributed by atoms with E-state index >= 15 is 0 Å². The molecule has 0 radical (unpaired) electrons. The van der Waals surface area contributed by atoms with Gasteiger partial charge in [-0.1, -0.05) is 42.0 Å². The fourth-order valence-corrected chi connectivity index (χ4v) is 1.96. The maximum absolute atomic E-state index is 12.0. The first-order chi connectivity index (χ1) is 9.04. The quantitative estimate of drug-likeness (QED) is 0.885. The lowest BCUT2D eigenvalue weighted by atomic mass is 10.1. The fourth-order valence-electron chi connectivity index (χ4n) is 1.96. The molecular formula is C17H19NO. The van der Waals surface area contributed by atoms with Crippen molar-refractivity contribution in [3.8, 4) is 0 Å². The number of carbonyl (C=O) groups excluding carboxylic acids is 1. The van der Waals surface area contributed by atoms with E-state index in [9.17, 15) is 4.79 Å². The first-order valence-electron chi connectivity index (χ1n) is 6.47. The zero-order chi connectivity index (χ0) is 13.8. The van der Waals surface area contributed by atoms with E-state index in [1.807, 2.05) is 63.2 Å². The van der Waals surface area contributed by atoms with Gasteiger partial charge < -0.3 is 5.32 Å². The topological polar surface area (TPSA) is 29.1 Å². The van der Waals surface area contributed by atoms with Crippen LogP contribution in [0.4, 0.5) is 5.69 Å². The number of rotatable bonds is 3. The molecule has 0 aliphatic carbocycles. The Morgan fingerprint density at radius 1 is 0.947 bits per heavy atom. The molecule has 98 valence electrons. The standard InChI is InChI=1S/C17H19NO/c1-12-5-8-15(9-6-12)11-17(19)18-16-10-13(2)4-7-14(16)3/h4-10H,11H2,1-3H3,(H,18,19). The average molecular weight is 253 g/mol. The fraction of sp³-hybridized carbons (Fsp3) is 0.235. The largest absolute Gasteiger partial charge is 0.326 e. The summed E-state index contributed by atoms with van der Waals surface area (Å²) in [6.45, 7) is 6.07. The lowest BCUT2D eigenvalue weighted by Gasteiger charge is -2.09. The summed E-state index contributed by atoms with van der Waals surface area (Å²) in [5, 5.41) is 2.98. The molecule has 2 aromatic carbocycles. The molecule has 0 saturated carbocycles. The molecule has 0 aliphatic rings. The number of hydrogen-bond acceptors (Lipinski definition) is 1. The van der Waals surface area contributed by atoms with Crippen LogP contribution in [-0.2, 0) is 11.2 Å². The molecule has 2 nitrogen and oxygen atoms in total. The van der Waals surface area contributed by atoms with E-state index in [-0.39, 0.29) is 5.91 Å². The molecule has 0 fully saturated rings. The van der Waals surface area contributed by atoms with E-state index in [2.05, 4.69) is 5.32 Å². The molecule has 0 atom stereocenters. The molecule has 0 aliphatic heterocycles. The predicted molar refractivity (Wildman–Crippen MR) is 79.4 cm³/mol. The van der Waals surface area contributed by atoms with Crippen molar-refractivity contribution < 1.29 is 4.79 Å². The lowest BCUT2D eigenvalue weighted by molar-refractivity contribution is -0.115. The highest BCUT2D eigenvalue weighted by Gasteiger charge is 2.06. The summed E-state index contributed by atoms with van der Waals surface area (Å²) in [4.78, 5) is 12.0. The number of hydrogen-bond donors (Lipinski definition) is 1. The summed E-state index contributed by atoms with van der Waals surface area (Å²) in [5.41, 5.74) is 5.38. The van der Waals surface area contributed by atoms with Crippen molar-refractivity contribution >= 4 is 11.6 Å². The highest BCUT2D eigenvalue weighted by molar-refractivity contribution is 5.93. The van der Waals surface area contributed by atoms with Gasteiger partial charge in [-0.3, -0.25) is 4.79 Å². The van der Waals surface area contributed by atoms with Crippen LogP contribution in [0.5, 0.6) is 0 Å². The second-order valence-corrected chi connectivity index (χ2v) is 5.03. The SMILES string of the molecule is Cc1ccc(CC(=O)Nc2cc(C)ccc2C)cc1. The Kier molecular flexibility index (Phi) is 4.00. The van der Waals surface area contributed by atoms with Crippen LogP contribution in [0.3, 0.4) is 0 Å². The highest BCUT2D eigenvalue weighted by atomic mass is 16.1. The first kappa shape index (κ1) is 13.3. The van der Waals surface area contributed by atoms with Gasteiger partial charge in [0.05, 0.1) is 6.42 Å². The van der Waals surface area contributed by atoms with Crippen molar-refractivity contribution in [2.45, 2.75) is 27.2 Å². The number of benzene rings is 2. The molecule has 0 saturated heterocycles. The molecule has 0 bridgehead atoms. The monoisotopic (exact) mass is 253 g/mol. The molecule has 0 spiro atoms. The third kappa shape index (κ3) is 3.68. The van der Waals surface area contributed by atoms with Crippen LogP contribution in [0.15, 0.2) is 42.5 Å². The second kappa shape index (κ2) is 5.70. The number of carbonyl (C=O) groups is 1. The van der Waals surface area contributed by atoms with Gasteiger partial charge in [0, 0.05) is 5.69 Å². The van der Waals surface area contributed by atoms with E-state index in [1.165, 1.54) is 5.56 Å². The van der Waals surface area contributed by atoms with Gasteiger partial charge >= 0.3 is 0 Å². The van der Waals surface area contributed by atoms with Crippen molar-refractivity contribution in [2.75, 3.05) is 5.32 Å². The van der Waals surface area contributed by atoms with Gasteiger partial charge in [0.2, 0.25) is 5.91 Å². The van der Waals surface area contributed by atoms with Crippen molar-refractivity contribution in [3.63, 3.8) is 0 Å². The summed E-state index contributed by atoms with van der Waals surface area (Å²) in [7, 11) is 0.